The van der Waals surface area contributed by atoms with Crippen molar-refractivity contribution in [3.05, 3.63) is 64.4 Å². The van der Waals surface area contributed by atoms with E-state index in [1.54, 1.807) is 39.0 Å². The fraction of sp³-hybridized carbons (Fsp3) is 0.304. The lowest BCUT2D eigenvalue weighted by atomic mass is 10.0. The van der Waals surface area contributed by atoms with Gasteiger partial charge >= 0.3 is 5.97 Å². The van der Waals surface area contributed by atoms with Crippen LogP contribution in [0.5, 0.6) is 11.5 Å². The Morgan fingerprint density at radius 3 is 2.30 bits per heavy atom. The number of fused-ring (bicyclic) bond motifs is 1. The van der Waals surface area contributed by atoms with Gasteiger partial charge in [-0.3, -0.25) is 9.59 Å². The summed E-state index contributed by atoms with van der Waals surface area (Å²) < 4.78 is 11.2. The molecule has 1 aliphatic rings. The number of ether oxygens (including phenoxy) is 2. The average molecular weight is 364 g/mol. The quantitative estimate of drug-likeness (QED) is 0.420. The molecule has 4 heteroatoms. The maximum Gasteiger partial charge on any atom is 0.313 e. The van der Waals surface area contributed by atoms with Gasteiger partial charge in [0.1, 0.15) is 11.5 Å². The number of benzene rings is 2. The standard InChI is InChI=1S/C23H24O4/c1-13(2)17-8-6-16(7-9-17)12-20-21(24)18-10-11-19(15(5)22(18)26-20)27-23(25)14(3)4/h6-14H,1-5H3/b20-12-. The third-order valence-corrected chi connectivity index (χ3v) is 4.62. The van der Waals surface area contributed by atoms with Crippen molar-refractivity contribution in [2.75, 3.05) is 0 Å². The predicted octanol–water partition coefficient (Wildman–Crippen LogP) is 5.30. The van der Waals surface area contributed by atoms with Gasteiger partial charge in [-0.1, -0.05) is 52.0 Å². The molecular formula is C23H24O4. The van der Waals surface area contributed by atoms with Gasteiger partial charge in [-0.25, -0.2) is 0 Å². The van der Waals surface area contributed by atoms with Crippen molar-refractivity contribution in [3.63, 3.8) is 0 Å². The van der Waals surface area contributed by atoms with E-state index < -0.39 is 0 Å². The molecule has 0 N–H and O–H groups in total. The first-order chi connectivity index (χ1) is 12.8. The van der Waals surface area contributed by atoms with Crippen LogP contribution >= 0.6 is 0 Å². The summed E-state index contributed by atoms with van der Waals surface area (Å²) in [6.07, 6.45) is 1.74. The number of allylic oxidation sites excluding steroid dienone is 1. The van der Waals surface area contributed by atoms with Gasteiger partial charge in [-0.05, 0) is 42.2 Å². The van der Waals surface area contributed by atoms with Gasteiger partial charge in [0.25, 0.3) is 0 Å². The number of ketones is 1. The van der Waals surface area contributed by atoms with Crippen LogP contribution in [0, 0.1) is 12.8 Å². The van der Waals surface area contributed by atoms with Crippen LogP contribution < -0.4 is 9.47 Å². The van der Waals surface area contributed by atoms with Gasteiger partial charge in [-0.15, -0.1) is 0 Å². The summed E-state index contributed by atoms with van der Waals surface area (Å²) in [6, 6.07) is 11.4. The number of rotatable bonds is 4. The zero-order valence-corrected chi connectivity index (χ0v) is 16.3. The molecule has 0 radical (unpaired) electrons. The molecule has 0 fully saturated rings. The zero-order chi connectivity index (χ0) is 19.7. The van der Waals surface area contributed by atoms with Crippen LogP contribution in [-0.4, -0.2) is 11.8 Å². The molecule has 0 atom stereocenters. The van der Waals surface area contributed by atoms with Crippen LogP contribution in [0.3, 0.4) is 0 Å². The molecular weight excluding hydrogens is 340 g/mol. The Morgan fingerprint density at radius 1 is 1.04 bits per heavy atom. The van der Waals surface area contributed by atoms with Gasteiger partial charge in [0.2, 0.25) is 5.78 Å². The second-order valence-electron chi connectivity index (χ2n) is 7.40. The number of hydrogen-bond donors (Lipinski definition) is 0. The number of hydrogen-bond acceptors (Lipinski definition) is 4. The number of esters is 1. The second kappa shape index (κ2) is 7.39. The van der Waals surface area contributed by atoms with E-state index in [1.807, 2.05) is 12.1 Å². The minimum atomic E-state index is -0.316. The molecule has 0 bridgehead atoms. The molecule has 0 aliphatic carbocycles. The molecule has 1 heterocycles. The molecule has 0 unspecified atom stereocenters. The van der Waals surface area contributed by atoms with Crippen LogP contribution in [0.1, 0.15) is 60.7 Å². The van der Waals surface area contributed by atoms with Gasteiger partial charge in [0, 0.05) is 5.56 Å². The second-order valence-corrected chi connectivity index (χ2v) is 7.40. The maximum atomic E-state index is 12.7. The summed E-state index contributed by atoms with van der Waals surface area (Å²) in [5.41, 5.74) is 3.28. The average Bonchev–Trinajstić information content (AvgIpc) is 2.94. The summed E-state index contributed by atoms with van der Waals surface area (Å²) in [4.78, 5) is 24.5. The highest BCUT2D eigenvalue weighted by Gasteiger charge is 2.30. The van der Waals surface area contributed by atoms with Crippen molar-refractivity contribution in [3.8, 4) is 11.5 Å². The molecule has 4 nitrogen and oxygen atoms in total. The van der Waals surface area contributed by atoms with Crippen LogP contribution in [-0.2, 0) is 4.79 Å². The first kappa shape index (κ1) is 18.9. The normalized spacial score (nSPS) is 14.6. The van der Waals surface area contributed by atoms with Crippen molar-refractivity contribution < 1.29 is 19.1 Å². The molecule has 2 aromatic carbocycles. The fourth-order valence-corrected chi connectivity index (χ4v) is 2.83. The van der Waals surface area contributed by atoms with Crippen LogP contribution in [0.4, 0.5) is 0 Å². The SMILES string of the molecule is Cc1c(OC(=O)C(C)C)ccc2c1O/C(=C\c1ccc(C(C)C)cc1)C2=O. The fourth-order valence-electron chi connectivity index (χ4n) is 2.83. The number of carbonyl (C=O) groups is 2. The lowest BCUT2D eigenvalue weighted by Gasteiger charge is -2.11. The summed E-state index contributed by atoms with van der Waals surface area (Å²) in [7, 11) is 0. The summed E-state index contributed by atoms with van der Waals surface area (Å²) in [5, 5.41) is 0. The van der Waals surface area contributed by atoms with Crippen molar-refractivity contribution in [2.24, 2.45) is 5.92 Å². The largest absolute Gasteiger partial charge is 0.452 e. The Balaban J connectivity index is 1.88. The first-order valence-corrected chi connectivity index (χ1v) is 9.17. The van der Waals surface area contributed by atoms with Crippen molar-refractivity contribution in [1.82, 2.24) is 0 Å². The van der Waals surface area contributed by atoms with Crippen LogP contribution in [0.15, 0.2) is 42.2 Å². The Morgan fingerprint density at radius 2 is 1.70 bits per heavy atom. The van der Waals surface area contributed by atoms with Crippen molar-refractivity contribution in [1.29, 1.82) is 0 Å². The van der Waals surface area contributed by atoms with Gasteiger partial charge in [-0.2, -0.15) is 0 Å². The Hall–Kier alpha value is -2.88. The summed E-state index contributed by atoms with van der Waals surface area (Å²) in [5.74, 6) is 0.894. The van der Waals surface area contributed by atoms with E-state index in [1.165, 1.54) is 5.56 Å². The van der Waals surface area contributed by atoms with Crippen molar-refractivity contribution in [2.45, 2.75) is 40.5 Å². The highest BCUT2D eigenvalue weighted by molar-refractivity contribution is 6.15. The van der Waals surface area contributed by atoms with E-state index in [0.29, 0.717) is 28.5 Å². The van der Waals surface area contributed by atoms with Gasteiger partial charge in [0.05, 0.1) is 11.5 Å². The monoisotopic (exact) mass is 364 g/mol. The zero-order valence-electron chi connectivity index (χ0n) is 16.3. The third-order valence-electron chi connectivity index (χ3n) is 4.62. The van der Waals surface area contributed by atoms with Crippen LogP contribution in [0.2, 0.25) is 0 Å². The summed E-state index contributed by atoms with van der Waals surface area (Å²) >= 11 is 0. The highest BCUT2D eigenvalue weighted by Crippen LogP contribution is 2.39. The third kappa shape index (κ3) is 3.80. The molecule has 0 saturated carbocycles. The molecule has 0 aromatic heterocycles. The molecule has 0 amide bonds. The lowest BCUT2D eigenvalue weighted by molar-refractivity contribution is -0.137. The number of carbonyl (C=O) groups excluding carboxylic acids is 2. The summed E-state index contributed by atoms with van der Waals surface area (Å²) in [6.45, 7) is 9.61. The Kier molecular flexibility index (Phi) is 5.17. The molecule has 140 valence electrons. The van der Waals surface area contributed by atoms with E-state index in [9.17, 15) is 9.59 Å². The Bertz CT molecular complexity index is 918. The lowest BCUT2D eigenvalue weighted by Crippen LogP contribution is -2.15. The molecule has 0 spiro atoms. The van der Waals surface area contributed by atoms with E-state index in [4.69, 9.17) is 9.47 Å². The Labute approximate surface area is 159 Å². The highest BCUT2D eigenvalue weighted by atomic mass is 16.5. The van der Waals surface area contributed by atoms with Crippen molar-refractivity contribution >= 4 is 17.8 Å². The van der Waals surface area contributed by atoms with E-state index in [2.05, 4.69) is 26.0 Å². The molecule has 2 aromatic rings. The van der Waals surface area contributed by atoms with Gasteiger partial charge < -0.3 is 9.47 Å². The first-order valence-electron chi connectivity index (χ1n) is 9.17. The minimum absolute atomic E-state index is 0.164. The van der Waals surface area contributed by atoms with E-state index in [-0.39, 0.29) is 23.4 Å². The van der Waals surface area contributed by atoms with Crippen LogP contribution in [0.25, 0.3) is 6.08 Å². The van der Waals surface area contributed by atoms with E-state index in [0.717, 1.165) is 5.56 Å². The molecule has 0 saturated heterocycles. The maximum absolute atomic E-state index is 12.7. The molecule has 1 aliphatic heterocycles. The van der Waals surface area contributed by atoms with Gasteiger partial charge in [0.15, 0.2) is 5.76 Å². The topological polar surface area (TPSA) is 52.6 Å². The van der Waals surface area contributed by atoms with E-state index >= 15 is 0 Å². The number of Topliss-reactive ketones (excluding diaryl/α,β-unsaturated/α-hetero) is 1. The molecule has 27 heavy (non-hydrogen) atoms. The smallest absolute Gasteiger partial charge is 0.313 e. The molecule has 3 rings (SSSR count). The minimum Gasteiger partial charge on any atom is -0.452 e. The predicted molar refractivity (Wildman–Crippen MR) is 105 cm³/mol.